The molecule has 1 saturated carbocycles. The molecule has 1 N–H and O–H groups in total. The average molecular weight is 328 g/mol. The lowest BCUT2D eigenvalue weighted by Gasteiger charge is -2.17. The SMILES string of the molecule is O=C(NCCn1nnc2ccc(F)cc2c1=O)C1CC2C=CC1C2. The molecule has 2 aromatic rings. The van der Waals surface area contributed by atoms with Gasteiger partial charge in [-0.1, -0.05) is 17.4 Å². The molecule has 1 aromatic carbocycles. The zero-order chi connectivity index (χ0) is 16.7. The first kappa shape index (κ1) is 15.0. The van der Waals surface area contributed by atoms with Crippen LogP contribution in [-0.2, 0) is 11.3 Å². The molecule has 124 valence electrons. The summed E-state index contributed by atoms with van der Waals surface area (Å²) in [5, 5.41) is 10.8. The molecule has 3 atom stereocenters. The topological polar surface area (TPSA) is 76.9 Å². The molecule has 6 nitrogen and oxygen atoms in total. The number of carbonyl (C=O) groups is 1. The van der Waals surface area contributed by atoms with Crippen molar-refractivity contribution in [2.24, 2.45) is 17.8 Å². The Morgan fingerprint density at radius 3 is 2.96 bits per heavy atom. The number of rotatable bonds is 4. The number of hydrogen-bond acceptors (Lipinski definition) is 4. The third-order valence-electron chi connectivity index (χ3n) is 4.92. The van der Waals surface area contributed by atoms with Crippen LogP contribution in [0.2, 0.25) is 0 Å². The molecule has 0 aliphatic heterocycles. The van der Waals surface area contributed by atoms with Crippen molar-refractivity contribution >= 4 is 16.8 Å². The van der Waals surface area contributed by atoms with Crippen LogP contribution >= 0.6 is 0 Å². The van der Waals surface area contributed by atoms with Gasteiger partial charge in [-0.2, -0.15) is 0 Å². The van der Waals surface area contributed by atoms with Crippen LogP contribution < -0.4 is 10.9 Å². The van der Waals surface area contributed by atoms with Crippen molar-refractivity contribution < 1.29 is 9.18 Å². The standard InChI is InChI=1S/C17H17FN4O2/c18-12-3-4-15-14(9-12)17(24)22(21-20-15)6-5-19-16(23)13-8-10-1-2-11(13)7-10/h1-4,9-11,13H,5-8H2,(H,19,23). The lowest BCUT2D eigenvalue weighted by atomic mass is 9.93. The molecule has 1 fully saturated rings. The molecule has 7 heteroatoms. The van der Waals surface area contributed by atoms with Gasteiger partial charge in [0, 0.05) is 12.5 Å². The van der Waals surface area contributed by atoms with Crippen molar-refractivity contribution in [1.29, 1.82) is 0 Å². The minimum atomic E-state index is -0.489. The van der Waals surface area contributed by atoms with E-state index in [2.05, 4.69) is 27.8 Å². The second-order valence-electron chi connectivity index (χ2n) is 6.46. The highest BCUT2D eigenvalue weighted by Gasteiger charge is 2.39. The van der Waals surface area contributed by atoms with Crippen molar-refractivity contribution in [2.45, 2.75) is 19.4 Å². The molecule has 24 heavy (non-hydrogen) atoms. The first-order chi connectivity index (χ1) is 11.6. The molecule has 0 spiro atoms. The summed E-state index contributed by atoms with van der Waals surface area (Å²) in [6.45, 7) is 0.506. The Kier molecular flexibility index (Phi) is 3.63. The van der Waals surface area contributed by atoms with Crippen LogP contribution in [0.5, 0.6) is 0 Å². The summed E-state index contributed by atoms with van der Waals surface area (Å²) in [6, 6.07) is 3.82. The van der Waals surface area contributed by atoms with E-state index in [0.29, 0.717) is 23.9 Å². The number of halogens is 1. The fourth-order valence-electron chi connectivity index (χ4n) is 3.69. The van der Waals surface area contributed by atoms with Gasteiger partial charge in [0.15, 0.2) is 0 Å². The quantitative estimate of drug-likeness (QED) is 0.857. The highest BCUT2D eigenvalue weighted by molar-refractivity contribution is 5.80. The van der Waals surface area contributed by atoms with Gasteiger partial charge in [-0.05, 0) is 42.9 Å². The predicted octanol–water partition coefficient (Wildman–Crippen LogP) is 1.26. The molecule has 3 unspecified atom stereocenters. The number of amides is 1. The Bertz CT molecular complexity index is 892. The zero-order valence-corrected chi connectivity index (χ0v) is 13.0. The molecule has 0 radical (unpaired) electrons. The van der Waals surface area contributed by atoms with Crippen molar-refractivity contribution in [2.75, 3.05) is 6.54 Å². The maximum absolute atomic E-state index is 13.3. The maximum atomic E-state index is 13.3. The maximum Gasteiger partial charge on any atom is 0.277 e. The number of nitrogens with one attached hydrogen (secondary N) is 1. The lowest BCUT2D eigenvalue weighted by molar-refractivity contribution is -0.125. The van der Waals surface area contributed by atoms with E-state index in [1.807, 2.05) is 0 Å². The Morgan fingerprint density at radius 2 is 2.21 bits per heavy atom. The van der Waals surface area contributed by atoms with Gasteiger partial charge < -0.3 is 5.32 Å². The summed E-state index contributed by atoms with van der Waals surface area (Å²) < 4.78 is 14.4. The Labute approximate surface area is 137 Å². The molecule has 1 heterocycles. The van der Waals surface area contributed by atoms with E-state index in [1.54, 1.807) is 0 Å². The number of nitrogens with zero attached hydrogens (tertiary/aromatic N) is 3. The molecule has 2 aliphatic rings. The van der Waals surface area contributed by atoms with Gasteiger partial charge in [0.05, 0.1) is 11.9 Å². The summed E-state index contributed by atoms with van der Waals surface area (Å²) in [5.74, 6) is 0.459. The first-order valence-electron chi connectivity index (χ1n) is 8.11. The van der Waals surface area contributed by atoms with Gasteiger partial charge in [-0.15, -0.1) is 5.10 Å². The van der Waals surface area contributed by atoms with Gasteiger partial charge in [0.2, 0.25) is 5.91 Å². The highest BCUT2D eigenvalue weighted by Crippen LogP contribution is 2.43. The van der Waals surface area contributed by atoms with Crippen LogP contribution in [0.1, 0.15) is 12.8 Å². The Balaban J connectivity index is 1.42. The summed E-state index contributed by atoms with van der Waals surface area (Å²) in [4.78, 5) is 24.5. The van der Waals surface area contributed by atoms with E-state index in [0.717, 1.165) is 23.6 Å². The smallest absolute Gasteiger partial charge is 0.277 e. The highest BCUT2D eigenvalue weighted by atomic mass is 19.1. The first-order valence-corrected chi connectivity index (χ1v) is 8.11. The van der Waals surface area contributed by atoms with E-state index in [1.165, 1.54) is 12.1 Å². The van der Waals surface area contributed by atoms with Gasteiger partial charge in [0.25, 0.3) is 5.56 Å². The number of fused-ring (bicyclic) bond motifs is 3. The molecule has 2 bridgehead atoms. The van der Waals surface area contributed by atoms with Gasteiger partial charge in [-0.3, -0.25) is 9.59 Å². The van der Waals surface area contributed by atoms with Gasteiger partial charge in [0.1, 0.15) is 11.3 Å². The Hall–Kier alpha value is -2.57. The van der Waals surface area contributed by atoms with Crippen molar-refractivity contribution in [1.82, 2.24) is 20.3 Å². The molecule has 1 aromatic heterocycles. The summed E-state index contributed by atoms with van der Waals surface area (Å²) >= 11 is 0. The minimum absolute atomic E-state index is 0.0275. The largest absolute Gasteiger partial charge is 0.354 e. The van der Waals surface area contributed by atoms with Crippen molar-refractivity contribution in [3.8, 4) is 0 Å². The second kappa shape index (κ2) is 5.81. The number of aromatic nitrogens is 3. The third kappa shape index (κ3) is 2.60. The molecular weight excluding hydrogens is 311 g/mol. The van der Waals surface area contributed by atoms with Gasteiger partial charge >= 0.3 is 0 Å². The summed E-state index contributed by atoms with van der Waals surface area (Å²) in [7, 11) is 0. The Morgan fingerprint density at radius 1 is 1.33 bits per heavy atom. The number of benzene rings is 1. The van der Waals surface area contributed by atoms with Crippen LogP contribution in [-0.4, -0.2) is 27.4 Å². The van der Waals surface area contributed by atoms with E-state index < -0.39 is 11.4 Å². The molecule has 1 amide bonds. The molecule has 4 rings (SSSR count). The number of hydrogen-bond donors (Lipinski definition) is 1. The summed E-state index contributed by atoms with van der Waals surface area (Å²) in [5.41, 5.74) is -0.0490. The monoisotopic (exact) mass is 328 g/mol. The number of carbonyl (C=O) groups excluding carboxylic acids is 1. The van der Waals surface area contributed by atoms with Crippen molar-refractivity contribution in [3.05, 3.63) is 46.5 Å². The molecule has 2 aliphatic carbocycles. The predicted molar refractivity (Wildman–Crippen MR) is 85.6 cm³/mol. The van der Waals surface area contributed by atoms with Crippen LogP contribution in [0.25, 0.3) is 10.9 Å². The second-order valence-corrected chi connectivity index (χ2v) is 6.46. The average Bonchev–Trinajstić information content (AvgIpc) is 3.20. The number of allylic oxidation sites excluding steroid dienone is 2. The van der Waals surface area contributed by atoms with Crippen LogP contribution in [0.4, 0.5) is 4.39 Å². The fourth-order valence-corrected chi connectivity index (χ4v) is 3.69. The van der Waals surface area contributed by atoms with Crippen LogP contribution in [0.15, 0.2) is 35.1 Å². The van der Waals surface area contributed by atoms with E-state index in [4.69, 9.17) is 0 Å². The fraction of sp³-hybridized carbons (Fsp3) is 0.412. The van der Waals surface area contributed by atoms with Crippen LogP contribution in [0.3, 0.4) is 0 Å². The van der Waals surface area contributed by atoms with Crippen molar-refractivity contribution in [3.63, 3.8) is 0 Å². The van der Waals surface area contributed by atoms with E-state index in [9.17, 15) is 14.0 Å². The minimum Gasteiger partial charge on any atom is -0.354 e. The molecular formula is C17H17FN4O2. The van der Waals surface area contributed by atoms with Crippen LogP contribution in [0, 0.1) is 23.6 Å². The van der Waals surface area contributed by atoms with E-state index >= 15 is 0 Å². The zero-order valence-electron chi connectivity index (χ0n) is 13.0. The normalized spacial score (nSPS) is 24.6. The lowest BCUT2D eigenvalue weighted by Crippen LogP contribution is -2.37. The van der Waals surface area contributed by atoms with E-state index in [-0.39, 0.29) is 23.8 Å². The third-order valence-corrected chi connectivity index (χ3v) is 4.92. The van der Waals surface area contributed by atoms with Gasteiger partial charge in [-0.25, -0.2) is 9.07 Å². The molecule has 0 saturated heterocycles. The summed E-state index contributed by atoms with van der Waals surface area (Å²) in [6.07, 6.45) is 6.30.